The summed E-state index contributed by atoms with van der Waals surface area (Å²) >= 11 is 0. The van der Waals surface area contributed by atoms with Crippen LogP contribution in [0.2, 0.25) is 0 Å². The molecule has 2 N–H and O–H groups in total. The van der Waals surface area contributed by atoms with Crippen LogP contribution in [0.25, 0.3) is 0 Å². The van der Waals surface area contributed by atoms with Gasteiger partial charge in [0.25, 0.3) is 0 Å². The molecule has 1 unspecified atom stereocenters. The zero-order valence-corrected chi connectivity index (χ0v) is 14.1. The Hall–Kier alpha value is -1.88. The number of hydrogen-bond donors (Lipinski definition) is 2. The topological polar surface area (TPSA) is 51.8 Å². The van der Waals surface area contributed by atoms with E-state index in [1.807, 2.05) is 13.1 Å². The highest BCUT2D eigenvalue weighted by Gasteiger charge is 2.30. The monoisotopic (exact) mass is 318 g/mol. The van der Waals surface area contributed by atoms with Crippen molar-refractivity contribution in [2.24, 2.45) is 0 Å². The van der Waals surface area contributed by atoms with Crippen LogP contribution in [-0.2, 0) is 11.3 Å². The van der Waals surface area contributed by atoms with E-state index in [2.05, 4.69) is 35.9 Å². The molecule has 1 aliphatic carbocycles. The minimum absolute atomic E-state index is 0.239. The molecule has 0 spiro atoms. The number of ether oxygens (including phenoxy) is 2. The lowest BCUT2D eigenvalue weighted by atomic mass is 9.93. The summed E-state index contributed by atoms with van der Waals surface area (Å²) in [5, 5.41) is 3.01. The maximum atomic E-state index is 6.17. The van der Waals surface area contributed by atoms with E-state index >= 15 is 0 Å². The zero-order valence-electron chi connectivity index (χ0n) is 14.1. The number of methoxy groups -OCH3 is 1. The van der Waals surface area contributed by atoms with E-state index < -0.39 is 0 Å². The second-order valence-corrected chi connectivity index (χ2v) is 6.57. The minimum Gasteiger partial charge on any atom is -0.493 e. The molecule has 1 heterocycles. The van der Waals surface area contributed by atoms with Gasteiger partial charge in [0.15, 0.2) is 11.5 Å². The van der Waals surface area contributed by atoms with E-state index in [0.717, 1.165) is 36.6 Å². The van der Waals surface area contributed by atoms with Crippen LogP contribution in [-0.4, -0.2) is 25.8 Å². The van der Waals surface area contributed by atoms with Crippen molar-refractivity contribution in [2.75, 3.05) is 14.2 Å². The smallest absolute Gasteiger partial charge is 0.209 e. The van der Waals surface area contributed by atoms with Crippen molar-refractivity contribution < 1.29 is 14.3 Å². The molecule has 5 nitrogen and oxygen atoms in total. The lowest BCUT2D eigenvalue weighted by Gasteiger charge is -2.22. The number of nitrogens with one attached hydrogen (secondary N) is 2. The molecule has 0 bridgehead atoms. The van der Waals surface area contributed by atoms with Gasteiger partial charge in [-0.25, -0.2) is 0 Å². The molecule has 1 saturated carbocycles. The summed E-state index contributed by atoms with van der Waals surface area (Å²) < 4.78 is 11.6. The molecule has 0 amide bonds. The molecular formula is C18H26N2O3. The molecule has 0 radical (unpaired) electrons. The number of hydroxylamine groups is 1. The number of hydrogen-bond acceptors (Lipinski definition) is 5. The van der Waals surface area contributed by atoms with E-state index in [1.165, 1.54) is 18.4 Å². The second kappa shape index (κ2) is 6.71. The maximum Gasteiger partial charge on any atom is 0.209 e. The fraction of sp³-hybridized carbons (Fsp3) is 0.556. The predicted octanol–water partition coefficient (Wildman–Crippen LogP) is 2.91. The van der Waals surface area contributed by atoms with Crippen LogP contribution in [0.1, 0.15) is 38.2 Å². The van der Waals surface area contributed by atoms with Crippen molar-refractivity contribution in [2.45, 2.75) is 50.7 Å². The van der Waals surface area contributed by atoms with Crippen LogP contribution >= 0.6 is 0 Å². The van der Waals surface area contributed by atoms with Gasteiger partial charge in [0.1, 0.15) is 0 Å². The fourth-order valence-corrected chi connectivity index (χ4v) is 3.26. The first kappa shape index (κ1) is 16.0. The quantitative estimate of drug-likeness (QED) is 0.844. The van der Waals surface area contributed by atoms with Crippen molar-refractivity contribution in [3.8, 4) is 11.5 Å². The van der Waals surface area contributed by atoms with Gasteiger partial charge in [0, 0.05) is 13.1 Å². The van der Waals surface area contributed by atoms with Crippen LogP contribution in [0, 0.1) is 0 Å². The van der Waals surface area contributed by atoms with Gasteiger partial charge >= 0.3 is 0 Å². The summed E-state index contributed by atoms with van der Waals surface area (Å²) in [4.78, 5) is 5.42. The lowest BCUT2D eigenvalue weighted by molar-refractivity contribution is 0.0760. The van der Waals surface area contributed by atoms with Gasteiger partial charge in [0.2, 0.25) is 5.88 Å². The highest BCUT2D eigenvalue weighted by molar-refractivity contribution is 5.44. The Morgan fingerprint density at radius 2 is 2.09 bits per heavy atom. The summed E-state index contributed by atoms with van der Waals surface area (Å²) in [6.45, 7) is 2.11. The first-order valence-electron chi connectivity index (χ1n) is 8.30. The molecule has 2 aliphatic rings. The average Bonchev–Trinajstić information content (AvgIpc) is 3.17. The lowest BCUT2D eigenvalue weighted by Crippen LogP contribution is -2.37. The van der Waals surface area contributed by atoms with Crippen molar-refractivity contribution in [1.29, 1.82) is 0 Å². The molecule has 1 aromatic carbocycles. The summed E-state index contributed by atoms with van der Waals surface area (Å²) in [5.41, 5.74) is 4.02. The Balaban J connectivity index is 1.76. The van der Waals surface area contributed by atoms with Crippen LogP contribution in [0.5, 0.6) is 11.5 Å². The summed E-state index contributed by atoms with van der Waals surface area (Å²) in [7, 11) is 3.53. The maximum absolute atomic E-state index is 6.17. The van der Waals surface area contributed by atoms with Crippen molar-refractivity contribution in [3.63, 3.8) is 0 Å². The van der Waals surface area contributed by atoms with Crippen molar-refractivity contribution >= 4 is 0 Å². The predicted molar refractivity (Wildman–Crippen MR) is 89.4 cm³/mol. The number of rotatable bonds is 6. The third kappa shape index (κ3) is 3.72. The van der Waals surface area contributed by atoms with Gasteiger partial charge in [-0.05, 0) is 56.7 Å². The summed E-state index contributed by atoms with van der Waals surface area (Å²) in [5.74, 6) is 2.40. The van der Waals surface area contributed by atoms with E-state index in [1.54, 1.807) is 7.11 Å². The fourth-order valence-electron chi connectivity index (χ4n) is 3.26. The van der Waals surface area contributed by atoms with Crippen LogP contribution in [0.15, 0.2) is 30.2 Å². The Morgan fingerprint density at radius 3 is 2.74 bits per heavy atom. The summed E-state index contributed by atoms with van der Waals surface area (Å²) in [6.07, 6.45) is 7.97. The number of benzene rings is 1. The first-order valence-corrected chi connectivity index (χ1v) is 8.30. The molecule has 5 heteroatoms. The Morgan fingerprint density at radius 1 is 1.30 bits per heavy atom. The highest BCUT2D eigenvalue weighted by Crippen LogP contribution is 2.33. The molecule has 23 heavy (non-hydrogen) atoms. The minimum atomic E-state index is -0.239. The van der Waals surface area contributed by atoms with Gasteiger partial charge < -0.3 is 19.6 Å². The third-order valence-electron chi connectivity index (χ3n) is 4.49. The molecule has 1 fully saturated rings. The Bertz CT molecular complexity index is 582. The van der Waals surface area contributed by atoms with Gasteiger partial charge in [-0.3, -0.25) is 0 Å². The molecule has 126 valence electrons. The van der Waals surface area contributed by atoms with Crippen LogP contribution < -0.4 is 20.3 Å². The molecule has 1 atom stereocenters. The van der Waals surface area contributed by atoms with E-state index in [0.29, 0.717) is 6.10 Å². The van der Waals surface area contributed by atoms with Crippen LogP contribution in [0.4, 0.5) is 0 Å². The Labute approximate surface area is 138 Å². The second-order valence-electron chi connectivity index (χ2n) is 6.57. The standard InChI is InChI=1S/C18H26N2O3/c1-18(12-17(19-2)23-20-18)11-13-8-9-15(21-3)16(10-13)22-14-6-4-5-7-14/h8-10,12,14,19-20H,4-7,11H2,1-3H3. The zero-order chi connectivity index (χ0) is 16.3. The van der Waals surface area contributed by atoms with E-state index in [-0.39, 0.29) is 5.54 Å². The highest BCUT2D eigenvalue weighted by atomic mass is 16.7. The first-order chi connectivity index (χ1) is 11.1. The Kier molecular flexibility index (Phi) is 4.66. The molecule has 0 aromatic heterocycles. The van der Waals surface area contributed by atoms with E-state index in [9.17, 15) is 0 Å². The van der Waals surface area contributed by atoms with Gasteiger partial charge in [-0.15, -0.1) is 5.48 Å². The molecular weight excluding hydrogens is 292 g/mol. The molecule has 3 rings (SSSR count). The third-order valence-corrected chi connectivity index (χ3v) is 4.49. The van der Waals surface area contributed by atoms with Gasteiger partial charge in [-0.1, -0.05) is 6.07 Å². The SMILES string of the molecule is CNC1=CC(C)(Cc2ccc(OC)c(OC3CCCC3)c2)NO1. The van der Waals surface area contributed by atoms with Gasteiger partial charge in [0.05, 0.1) is 18.8 Å². The largest absolute Gasteiger partial charge is 0.493 e. The van der Waals surface area contributed by atoms with Gasteiger partial charge in [-0.2, -0.15) is 0 Å². The summed E-state index contributed by atoms with van der Waals surface area (Å²) in [6, 6.07) is 6.16. The van der Waals surface area contributed by atoms with Crippen molar-refractivity contribution in [3.05, 3.63) is 35.7 Å². The molecule has 1 aromatic rings. The average molecular weight is 318 g/mol. The molecule has 0 saturated heterocycles. The molecule has 1 aliphatic heterocycles. The van der Waals surface area contributed by atoms with Crippen LogP contribution in [0.3, 0.4) is 0 Å². The van der Waals surface area contributed by atoms with E-state index in [4.69, 9.17) is 14.3 Å². The van der Waals surface area contributed by atoms with Crippen molar-refractivity contribution in [1.82, 2.24) is 10.8 Å². The normalized spacial score (nSPS) is 24.2.